The Labute approximate surface area is 212 Å². The number of hydrogen-bond donors (Lipinski definition) is 2. The lowest BCUT2D eigenvalue weighted by Crippen LogP contribution is -2.47. The van der Waals surface area contributed by atoms with Crippen LogP contribution in [0.25, 0.3) is 0 Å². The zero-order valence-corrected chi connectivity index (χ0v) is 21.1. The van der Waals surface area contributed by atoms with Crippen LogP contribution in [0.1, 0.15) is 55.1 Å². The number of epoxide rings is 1. The quantitative estimate of drug-likeness (QED) is 0.338. The molecule has 2 N–H and O–H groups in total. The lowest BCUT2D eigenvalue weighted by molar-refractivity contribution is 0.0594. The smallest absolute Gasteiger partial charge is 0.356 e. The number of methoxy groups -OCH3 is 1. The fourth-order valence-electron chi connectivity index (χ4n) is 6.18. The van der Waals surface area contributed by atoms with E-state index in [-0.39, 0.29) is 17.8 Å². The molecule has 0 amide bonds. The van der Waals surface area contributed by atoms with Crippen LogP contribution in [0.4, 0.5) is 17.2 Å². The number of hydrogen-bond acceptors (Lipinski definition) is 8. The average Bonchev–Trinajstić information content (AvgIpc) is 3.43. The number of carbonyl (C=O) groups excluding carboxylic acids is 1. The maximum absolute atomic E-state index is 12.7. The van der Waals surface area contributed by atoms with Gasteiger partial charge in [-0.25, -0.2) is 9.78 Å². The van der Waals surface area contributed by atoms with E-state index in [9.17, 15) is 10.2 Å². The number of para-hydroxylation sites is 1. The van der Waals surface area contributed by atoms with Gasteiger partial charge in [-0.05, 0) is 56.7 Å². The number of carbonyl (C=O) groups is 1. The summed E-state index contributed by atoms with van der Waals surface area (Å²) < 4.78 is 10.9. The highest BCUT2D eigenvalue weighted by Crippen LogP contribution is 2.42. The molecule has 1 saturated carbocycles. The van der Waals surface area contributed by atoms with Gasteiger partial charge in [0, 0.05) is 43.0 Å². The van der Waals surface area contributed by atoms with Crippen molar-refractivity contribution < 1.29 is 14.3 Å². The Morgan fingerprint density at radius 1 is 1.17 bits per heavy atom. The van der Waals surface area contributed by atoms with Crippen molar-refractivity contribution in [1.82, 2.24) is 9.88 Å². The molecule has 36 heavy (non-hydrogen) atoms. The summed E-state index contributed by atoms with van der Waals surface area (Å²) in [5, 5.41) is 12.6. The van der Waals surface area contributed by atoms with Crippen LogP contribution in [0.3, 0.4) is 0 Å². The zero-order chi connectivity index (χ0) is 24.8. The molecule has 0 radical (unpaired) electrons. The maximum atomic E-state index is 12.7. The van der Waals surface area contributed by atoms with Crippen molar-refractivity contribution in [3.8, 4) is 0 Å². The van der Waals surface area contributed by atoms with E-state index in [0.29, 0.717) is 29.6 Å². The van der Waals surface area contributed by atoms with Crippen molar-refractivity contribution in [3.63, 3.8) is 0 Å². The molecule has 1 aromatic heterocycles. The third-order valence-corrected chi connectivity index (χ3v) is 8.44. The van der Waals surface area contributed by atoms with Crippen LogP contribution in [0, 0.1) is 17.2 Å². The minimum absolute atomic E-state index is 0.235. The summed E-state index contributed by atoms with van der Waals surface area (Å²) in [5.74, 6) is 0.877. The monoisotopic (exact) mass is 489 g/mol. The summed E-state index contributed by atoms with van der Waals surface area (Å²) in [6.07, 6.45) is 6.02. The van der Waals surface area contributed by atoms with Crippen molar-refractivity contribution in [1.29, 1.82) is 5.41 Å². The molecular weight excluding hydrogens is 454 g/mol. The minimum Gasteiger partial charge on any atom is -0.464 e. The molecule has 8 nitrogen and oxygen atoms in total. The Bertz CT molecular complexity index is 1150. The van der Waals surface area contributed by atoms with E-state index in [1.54, 1.807) is 0 Å². The second-order valence-electron chi connectivity index (χ2n) is 10.6. The van der Waals surface area contributed by atoms with Gasteiger partial charge in [-0.2, -0.15) is 0 Å². The predicted molar refractivity (Wildman–Crippen MR) is 139 cm³/mol. The standard InChI is InChI=1S/C28H35N5O3/c1-17-27(36-17)33-14-11-19-16-32(13-12-22(19)33)23-15-21(28(34)35-2)31-26(30-20-9-4-3-5-10-20)24(23)25(29)18-7-6-8-18/h3-5,9-10,15,17-19,22,27,29H,6-8,11-14,16H2,1-2H3,(H,30,31). The van der Waals surface area contributed by atoms with Crippen molar-refractivity contribution in [2.45, 2.75) is 57.4 Å². The molecule has 6 rings (SSSR count). The molecule has 4 aliphatic rings. The fourth-order valence-corrected chi connectivity index (χ4v) is 6.18. The second-order valence-corrected chi connectivity index (χ2v) is 10.6. The van der Waals surface area contributed by atoms with Gasteiger partial charge < -0.3 is 25.1 Å². The Kier molecular flexibility index (Phi) is 6.17. The number of aromatic nitrogens is 1. The highest BCUT2D eigenvalue weighted by Gasteiger charge is 2.49. The number of esters is 1. The molecule has 1 aromatic carbocycles. The number of benzene rings is 1. The number of piperidine rings is 1. The number of rotatable bonds is 7. The van der Waals surface area contributed by atoms with Gasteiger partial charge in [-0.3, -0.25) is 4.90 Å². The first kappa shape index (κ1) is 23.4. The second kappa shape index (κ2) is 9.48. The molecule has 4 atom stereocenters. The highest BCUT2D eigenvalue weighted by molar-refractivity contribution is 6.10. The van der Waals surface area contributed by atoms with Crippen molar-refractivity contribution in [2.24, 2.45) is 11.8 Å². The number of nitrogens with zero attached hydrogens (tertiary/aromatic N) is 3. The minimum atomic E-state index is -0.462. The summed E-state index contributed by atoms with van der Waals surface area (Å²) >= 11 is 0. The molecule has 2 aromatic rings. The largest absolute Gasteiger partial charge is 0.464 e. The van der Waals surface area contributed by atoms with Crippen LogP contribution < -0.4 is 10.2 Å². The Hall–Kier alpha value is -2.97. The van der Waals surface area contributed by atoms with E-state index in [2.05, 4.69) is 22.0 Å². The highest BCUT2D eigenvalue weighted by atomic mass is 16.6. The molecule has 0 spiro atoms. The Morgan fingerprint density at radius 2 is 1.94 bits per heavy atom. The van der Waals surface area contributed by atoms with Gasteiger partial charge in [0.1, 0.15) is 12.0 Å². The summed E-state index contributed by atoms with van der Waals surface area (Å²) in [6.45, 7) is 5.01. The van der Waals surface area contributed by atoms with Crippen LogP contribution >= 0.6 is 0 Å². The number of anilines is 3. The van der Waals surface area contributed by atoms with Gasteiger partial charge in [-0.15, -0.1) is 0 Å². The van der Waals surface area contributed by atoms with Gasteiger partial charge in [0.2, 0.25) is 0 Å². The number of ether oxygens (including phenoxy) is 2. The molecule has 1 aliphatic carbocycles. The van der Waals surface area contributed by atoms with Gasteiger partial charge in [0.05, 0.1) is 24.5 Å². The van der Waals surface area contributed by atoms with Gasteiger partial charge in [0.15, 0.2) is 5.69 Å². The van der Waals surface area contributed by atoms with Crippen LogP contribution in [0.2, 0.25) is 0 Å². The van der Waals surface area contributed by atoms with Crippen LogP contribution in [0.15, 0.2) is 36.4 Å². The van der Waals surface area contributed by atoms with E-state index < -0.39 is 5.97 Å². The third-order valence-electron chi connectivity index (χ3n) is 8.44. The van der Waals surface area contributed by atoms with E-state index in [1.165, 1.54) is 7.11 Å². The Balaban J connectivity index is 1.38. The van der Waals surface area contributed by atoms with E-state index >= 15 is 0 Å². The van der Waals surface area contributed by atoms with Crippen molar-refractivity contribution >= 4 is 28.9 Å². The Morgan fingerprint density at radius 3 is 2.61 bits per heavy atom. The molecule has 4 heterocycles. The van der Waals surface area contributed by atoms with Crippen LogP contribution in [0.5, 0.6) is 0 Å². The topological polar surface area (TPSA) is 94.1 Å². The summed E-state index contributed by atoms with van der Waals surface area (Å²) in [4.78, 5) is 22.3. The molecule has 3 aliphatic heterocycles. The molecule has 8 heteroatoms. The van der Waals surface area contributed by atoms with Gasteiger partial charge in [0.25, 0.3) is 0 Å². The average molecular weight is 490 g/mol. The van der Waals surface area contributed by atoms with Crippen molar-refractivity contribution in [3.05, 3.63) is 47.7 Å². The fraction of sp³-hybridized carbons (Fsp3) is 0.536. The number of fused-ring (bicyclic) bond motifs is 1. The summed E-state index contributed by atoms with van der Waals surface area (Å²) in [5.41, 5.74) is 3.52. The lowest BCUT2D eigenvalue weighted by Gasteiger charge is -2.40. The molecule has 190 valence electrons. The number of pyridine rings is 1. The summed E-state index contributed by atoms with van der Waals surface area (Å²) in [6, 6.07) is 12.2. The first-order chi connectivity index (χ1) is 17.5. The van der Waals surface area contributed by atoms with E-state index in [0.717, 1.165) is 68.7 Å². The van der Waals surface area contributed by atoms with E-state index in [1.807, 2.05) is 36.4 Å². The zero-order valence-electron chi connectivity index (χ0n) is 21.1. The van der Waals surface area contributed by atoms with Crippen LogP contribution in [-0.4, -0.2) is 66.7 Å². The molecule has 3 saturated heterocycles. The normalized spacial score (nSPS) is 27.8. The SMILES string of the molecule is COC(=O)c1cc(N2CCC3C(CCN3C3OC3C)C2)c(C(=N)C2CCC2)c(Nc2ccccc2)n1. The van der Waals surface area contributed by atoms with Gasteiger partial charge in [-0.1, -0.05) is 24.6 Å². The third kappa shape index (κ3) is 4.26. The molecule has 4 fully saturated rings. The van der Waals surface area contributed by atoms with E-state index in [4.69, 9.17) is 14.5 Å². The first-order valence-corrected chi connectivity index (χ1v) is 13.2. The maximum Gasteiger partial charge on any atom is 0.356 e. The molecule has 0 bridgehead atoms. The number of likely N-dealkylation sites (tertiary alicyclic amines) is 1. The number of nitrogens with one attached hydrogen (secondary N) is 2. The molecular formula is C28H35N5O3. The predicted octanol–water partition coefficient (Wildman–Crippen LogP) is 4.43. The molecule has 4 unspecified atom stereocenters. The summed E-state index contributed by atoms with van der Waals surface area (Å²) in [7, 11) is 1.39. The lowest BCUT2D eigenvalue weighted by atomic mass is 9.78. The van der Waals surface area contributed by atoms with Gasteiger partial charge >= 0.3 is 5.97 Å². The van der Waals surface area contributed by atoms with Crippen LogP contribution in [-0.2, 0) is 9.47 Å². The van der Waals surface area contributed by atoms with Crippen molar-refractivity contribution in [2.75, 3.05) is 37.0 Å². The first-order valence-electron chi connectivity index (χ1n) is 13.2.